The number of hydrogen-bond donors (Lipinski definition) is 3. The number of nitrogens with one attached hydrogen (secondary N) is 2. The van der Waals surface area contributed by atoms with Crippen molar-refractivity contribution in [3.63, 3.8) is 0 Å². The van der Waals surface area contributed by atoms with Crippen LogP contribution in [0.4, 0.5) is 5.82 Å². The second-order valence-corrected chi connectivity index (χ2v) is 7.26. The number of carbonyl (C=O) groups is 3. The Labute approximate surface area is 163 Å². The molecule has 2 aliphatic rings. The van der Waals surface area contributed by atoms with E-state index in [1.54, 1.807) is 29.9 Å². The molecule has 1 aromatic heterocycles. The first-order valence-corrected chi connectivity index (χ1v) is 9.59. The SMILES string of the molecule is O=C(C[C@@H](CC1CCCC1)C(=O)N1N=CC[C@H]1C(=O)Nc1ccccn1)NO. The Morgan fingerprint density at radius 1 is 1.25 bits per heavy atom. The van der Waals surface area contributed by atoms with E-state index in [1.807, 2.05) is 0 Å². The summed E-state index contributed by atoms with van der Waals surface area (Å²) in [5.41, 5.74) is 1.60. The van der Waals surface area contributed by atoms with Gasteiger partial charge >= 0.3 is 0 Å². The van der Waals surface area contributed by atoms with Gasteiger partial charge in [-0.05, 0) is 24.5 Å². The average molecular weight is 387 g/mol. The number of anilines is 1. The first-order chi connectivity index (χ1) is 13.6. The molecule has 150 valence electrons. The van der Waals surface area contributed by atoms with Crippen LogP contribution in [0.25, 0.3) is 0 Å². The summed E-state index contributed by atoms with van der Waals surface area (Å²) >= 11 is 0. The molecule has 0 aromatic carbocycles. The van der Waals surface area contributed by atoms with Crippen LogP contribution in [-0.2, 0) is 14.4 Å². The Morgan fingerprint density at radius 3 is 2.71 bits per heavy atom. The summed E-state index contributed by atoms with van der Waals surface area (Å²) in [5.74, 6) is -1.23. The Hall–Kier alpha value is -2.81. The van der Waals surface area contributed by atoms with Crippen molar-refractivity contribution in [2.24, 2.45) is 16.9 Å². The molecule has 9 heteroatoms. The molecule has 1 saturated carbocycles. The Bertz CT molecular complexity index is 733. The molecule has 0 spiro atoms. The minimum absolute atomic E-state index is 0.133. The Kier molecular flexibility index (Phi) is 6.70. The molecule has 0 bridgehead atoms. The molecular formula is C19H25N5O4. The molecule has 2 atom stereocenters. The number of hydroxylamine groups is 1. The maximum Gasteiger partial charge on any atom is 0.250 e. The fraction of sp³-hybridized carbons (Fsp3) is 0.526. The van der Waals surface area contributed by atoms with Gasteiger partial charge in [-0.15, -0.1) is 0 Å². The number of carbonyl (C=O) groups excluding carboxylic acids is 3. The first-order valence-electron chi connectivity index (χ1n) is 9.59. The van der Waals surface area contributed by atoms with Crippen molar-refractivity contribution in [1.82, 2.24) is 15.5 Å². The first kappa shape index (κ1) is 19.9. The molecule has 9 nitrogen and oxygen atoms in total. The van der Waals surface area contributed by atoms with Crippen LogP contribution in [-0.4, -0.2) is 45.2 Å². The Morgan fingerprint density at radius 2 is 2.04 bits per heavy atom. The second-order valence-electron chi connectivity index (χ2n) is 7.26. The lowest BCUT2D eigenvalue weighted by Crippen LogP contribution is -2.45. The highest BCUT2D eigenvalue weighted by molar-refractivity contribution is 5.99. The van der Waals surface area contributed by atoms with Crippen LogP contribution in [0.3, 0.4) is 0 Å². The van der Waals surface area contributed by atoms with E-state index in [1.165, 1.54) is 11.2 Å². The van der Waals surface area contributed by atoms with E-state index in [2.05, 4.69) is 15.4 Å². The zero-order valence-electron chi connectivity index (χ0n) is 15.6. The number of pyridine rings is 1. The van der Waals surface area contributed by atoms with Crippen LogP contribution in [0.5, 0.6) is 0 Å². The van der Waals surface area contributed by atoms with Crippen molar-refractivity contribution >= 4 is 29.8 Å². The third-order valence-corrected chi connectivity index (χ3v) is 5.27. The van der Waals surface area contributed by atoms with Crippen LogP contribution in [0.15, 0.2) is 29.5 Å². The zero-order chi connectivity index (χ0) is 19.9. The van der Waals surface area contributed by atoms with E-state index in [9.17, 15) is 14.4 Å². The highest BCUT2D eigenvalue weighted by Crippen LogP contribution is 2.33. The summed E-state index contributed by atoms with van der Waals surface area (Å²) in [6, 6.07) is 4.37. The van der Waals surface area contributed by atoms with Crippen molar-refractivity contribution < 1.29 is 19.6 Å². The van der Waals surface area contributed by atoms with Crippen LogP contribution in [0.2, 0.25) is 0 Å². The predicted octanol–water partition coefficient (Wildman–Crippen LogP) is 1.70. The second kappa shape index (κ2) is 9.41. The summed E-state index contributed by atoms with van der Waals surface area (Å²) in [6.07, 6.45) is 8.10. The lowest BCUT2D eigenvalue weighted by Gasteiger charge is -2.26. The van der Waals surface area contributed by atoms with E-state index in [4.69, 9.17) is 5.21 Å². The standard InChI is InChI=1S/C19H25N5O4/c25-17(23-28)12-14(11-13-5-1-2-6-13)19(27)24-15(8-10-21-24)18(26)22-16-7-3-4-9-20-16/h3-4,7,9-10,13-15,28H,1-2,5-6,8,11-12H2,(H,23,25)(H,20,22,26)/t14-,15+/m1/s1. The number of nitrogens with zero attached hydrogens (tertiary/aromatic N) is 3. The summed E-state index contributed by atoms with van der Waals surface area (Å²) in [6.45, 7) is 0. The van der Waals surface area contributed by atoms with E-state index in [-0.39, 0.29) is 18.2 Å². The summed E-state index contributed by atoms with van der Waals surface area (Å²) < 4.78 is 0. The monoisotopic (exact) mass is 387 g/mol. The fourth-order valence-corrected chi connectivity index (χ4v) is 3.87. The van der Waals surface area contributed by atoms with E-state index in [0.717, 1.165) is 25.7 Å². The number of amides is 3. The van der Waals surface area contributed by atoms with Gasteiger partial charge in [0.15, 0.2) is 0 Å². The number of hydrogen-bond acceptors (Lipinski definition) is 6. The van der Waals surface area contributed by atoms with Crippen LogP contribution in [0, 0.1) is 11.8 Å². The lowest BCUT2D eigenvalue weighted by atomic mass is 9.89. The molecule has 3 N–H and O–H groups in total. The molecule has 0 radical (unpaired) electrons. The van der Waals surface area contributed by atoms with Gasteiger partial charge in [-0.1, -0.05) is 31.7 Å². The third-order valence-electron chi connectivity index (χ3n) is 5.27. The molecule has 0 unspecified atom stereocenters. The molecule has 0 saturated heterocycles. The lowest BCUT2D eigenvalue weighted by molar-refractivity contribution is -0.144. The van der Waals surface area contributed by atoms with E-state index < -0.39 is 17.9 Å². The minimum atomic E-state index is -0.780. The van der Waals surface area contributed by atoms with Gasteiger partial charge in [0.1, 0.15) is 11.9 Å². The molecule has 3 rings (SSSR count). The molecule has 2 heterocycles. The van der Waals surface area contributed by atoms with Crippen molar-refractivity contribution in [1.29, 1.82) is 0 Å². The summed E-state index contributed by atoms with van der Waals surface area (Å²) in [5, 5.41) is 16.8. The quantitative estimate of drug-likeness (QED) is 0.485. The fourth-order valence-electron chi connectivity index (χ4n) is 3.87. The molecule has 3 amide bonds. The topological polar surface area (TPSA) is 124 Å². The third kappa shape index (κ3) is 4.92. The molecule has 28 heavy (non-hydrogen) atoms. The van der Waals surface area contributed by atoms with Crippen molar-refractivity contribution in [2.45, 2.75) is 51.0 Å². The normalized spacial score (nSPS) is 20.2. The van der Waals surface area contributed by atoms with Gasteiger partial charge in [-0.3, -0.25) is 19.6 Å². The van der Waals surface area contributed by atoms with Crippen LogP contribution >= 0.6 is 0 Å². The number of aromatic nitrogens is 1. The van der Waals surface area contributed by atoms with Gasteiger partial charge in [0.25, 0.3) is 5.91 Å². The Balaban J connectivity index is 1.69. The van der Waals surface area contributed by atoms with E-state index in [0.29, 0.717) is 24.6 Å². The largest absolute Gasteiger partial charge is 0.309 e. The van der Waals surface area contributed by atoms with Crippen molar-refractivity contribution in [3.05, 3.63) is 24.4 Å². The van der Waals surface area contributed by atoms with Crippen LogP contribution < -0.4 is 10.8 Å². The maximum absolute atomic E-state index is 13.1. The molecular weight excluding hydrogens is 362 g/mol. The highest BCUT2D eigenvalue weighted by Gasteiger charge is 2.38. The molecule has 1 aliphatic carbocycles. The average Bonchev–Trinajstić information content (AvgIpc) is 3.39. The van der Waals surface area contributed by atoms with Gasteiger partial charge < -0.3 is 5.32 Å². The van der Waals surface area contributed by atoms with Gasteiger partial charge in [-0.25, -0.2) is 15.5 Å². The van der Waals surface area contributed by atoms with E-state index >= 15 is 0 Å². The van der Waals surface area contributed by atoms with Gasteiger partial charge in [0.05, 0.1) is 0 Å². The van der Waals surface area contributed by atoms with Crippen molar-refractivity contribution in [3.8, 4) is 0 Å². The minimum Gasteiger partial charge on any atom is -0.309 e. The summed E-state index contributed by atoms with van der Waals surface area (Å²) in [4.78, 5) is 41.5. The maximum atomic E-state index is 13.1. The van der Waals surface area contributed by atoms with Gasteiger partial charge in [0, 0.05) is 31.2 Å². The predicted molar refractivity (Wildman–Crippen MR) is 101 cm³/mol. The molecule has 1 fully saturated rings. The molecule has 1 aromatic rings. The number of hydrazone groups is 1. The zero-order valence-corrected chi connectivity index (χ0v) is 15.6. The summed E-state index contributed by atoms with van der Waals surface area (Å²) in [7, 11) is 0. The number of rotatable bonds is 7. The van der Waals surface area contributed by atoms with Gasteiger partial charge in [0.2, 0.25) is 11.8 Å². The highest BCUT2D eigenvalue weighted by atomic mass is 16.5. The molecule has 1 aliphatic heterocycles. The van der Waals surface area contributed by atoms with Crippen LogP contribution in [0.1, 0.15) is 44.9 Å². The van der Waals surface area contributed by atoms with Gasteiger partial charge in [-0.2, -0.15) is 5.10 Å². The smallest absolute Gasteiger partial charge is 0.250 e. The van der Waals surface area contributed by atoms with Crippen molar-refractivity contribution in [2.75, 3.05) is 5.32 Å².